The second-order valence-electron chi connectivity index (χ2n) is 8.15. The Bertz CT molecular complexity index is 903. The van der Waals surface area contributed by atoms with Crippen LogP contribution < -0.4 is 0 Å². The van der Waals surface area contributed by atoms with Crippen molar-refractivity contribution in [2.75, 3.05) is 26.2 Å². The molecule has 150 valence electrons. The van der Waals surface area contributed by atoms with E-state index in [4.69, 9.17) is 4.74 Å². The minimum Gasteiger partial charge on any atom is -0.361 e. The second kappa shape index (κ2) is 7.22. The van der Waals surface area contributed by atoms with Crippen molar-refractivity contribution in [1.82, 2.24) is 19.8 Å². The highest BCUT2D eigenvalue weighted by atomic mass is 16.5. The van der Waals surface area contributed by atoms with Crippen molar-refractivity contribution in [3.8, 4) is 0 Å². The van der Waals surface area contributed by atoms with Crippen molar-refractivity contribution in [1.29, 1.82) is 0 Å². The van der Waals surface area contributed by atoms with Crippen LogP contribution in [0.25, 0.3) is 0 Å². The van der Waals surface area contributed by atoms with Gasteiger partial charge in [0.15, 0.2) is 5.60 Å². The van der Waals surface area contributed by atoms with Crippen LogP contribution in [-0.4, -0.2) is 63.4 Å². The number of likely N-dealkylation sites (tertiary alicyclic amines) is 1. The van der Waals surface area contributed by atoms with Gasteiger partial charge in [-0.15, -0.1) is 0 Å². The first-order valence-corrected chi connectivity index (χ1v) is 10.2. The number of morpholine rings is 1. The quantitative estimate of drug-likeness (QED) is 0.790. The standard InChI is InChI=1S/C22H24N4O3/c27-20(17-3-4-17)26-14-19(18-2-1-7-24-12-18)22(15-26)21(28)25(10-11-29-22)13-16-5-8-23-9-6-16/h1-2,5-9,12,17,19H,3-4,10-11,13-15H2/t19-,22-/m0/s1. The summed E-state index contributed by atoms with van der Waals surface area (Å²) >= 11 is 0. The molecule has 2 aromatic heterocycles. The summed E-state index contributed by atoms with van der Waals surface area (Å²) in [6.07, 6.45) is 8.87. The first-order valence-electron chi connectivity index (χ1n) is 10.2. The van der Waals surface area contributed by atoms with Gasteiger partial charge in [0.2, 0.25) is 5.91 Å². The van der Waals surface area contributed by atoms with Crippen molar-refractivity contribution < 1.29 is 14.3 Å². The van der Waals surface area contributed by atoms with Gasteiger partial charge in [-0.2, -0.15) is 0 Å². The van der Waals surface area contributed by atoms with Crippen LogP contribution >= 0.6 is 0 Å². The van der Waals surface area contributed by atoms with Crippen LogP contribution in [0.2, 0.25) is 0 Å². The molecule has 7 heteroatoms. The lowest BCUT2D eigenvalue weighted by Crippen LogP contribution is -2.60. The summed E-state index contributed by atoms with van der Waals surface area (Å²) < 4.78 is 6.23. The molecule has 1 spiro atoms. The minimum absolute atomic E-state index is 0.0412. The number of carbonyl (C=O) groups is 2. The molecule has 0 N–H and O–H groups in total. The second-order valence-corrected chi connectivity index (χ2v) is 8.15. The molecule has 3 aliphatic rings. The molecular weight excluding hydrogens is 368 g/mol. The molecule has 2 aliphatic heterocycles. The molecule has 5 rings (SSSR count). The lowest BCUT2D eigenvalue weighted by atomic mass is 9.83. The largest absolute Gasteiger partial charge is 0.361 e. The van der Waals surface area contributed by atoms with Crippen LogP contribution in [-0.2, 0) is 20.9 Å². The normalized spacial score (nSPS) is 26.9. The van der Waals surface area contributed by atoms with Crippen LogP contribution in [0, 0.1) is 5.92 Å². The Morgan fingerprint density at radius 1 is 1.17 bits per heavy atom. The fraction of sp³-hybridized carbons (Fsp3) is 0.455. The van der Waals surface area contributed by atoms with Gasteiger partial charge in [-0.1, -0.05) is 6.07 Å². The third-order valence-corrected chi connectivity index (χ3v) is 6.21. The van der Waals surface area contributed by atoms with Crippen LogP contribution in [0.15, 0.2) is 49.1 Å². The van der Waals surface area contributed by atoms with Crippen molar-refractivity contribution in [3.63, 3.8) is 0 Å². The van der Waals surface area contributed by atoms with Gasteiger partial charge in [-0.25, -0.2) is 0 Å². The number of carbonyl (C=O) groups excluding carboxylic acids is 2. The van der Waals surface area contributed by atoms with Crippen LogP contribution in [0.4, 0.5) is 0 Å². The number of hydrogen-bond acceptors (Lipinski definition) is 5. The summed E-state index contributed by atoms with van der Waals surface area (Å²) in [6, 6.07) is 7.69. The number of pyridine rings is 2. The zero-order valence-corrected chi connectivity index (χ0v) is 16.2. The third kappa shape index (κ3) is 3.29. The van der Waals surface area contributed by atoms with E-state index in [0.717, 1.165) is 24.0 Å². The van der Waals surface area contributed by atoms with Gasteiger partial charge in [-0.3, -0.25) is 19.6 Å². The molecule has 0 unspecified atom stereocenters. The molecule has 2 amide bonds. The van der Waals surface area contributed by atoms with E-state index in [1.54, 1.807) is 24.8 Å². The molecule has 1 saturated carbocycles. The molecule has 0 bridgehead atoms. The van der Waals surface area contributed by atoms with Gasteiger partial charge >= 0.3 is 0 Å². The molecule has 2 atom stereocenters. The van der Waals surface area contributed by atoms with E-state index in [-0.39, 0.29) is 23.7 Å². The highest BCUT2D eigenvalue weighted by Crippen LogP contribution is 2.44. The Hall–Kier alpha value is -2.80. The number of nitrogens with zero attached hydrogens (tertiary/aromatic N) is 4. The Morgan fingerprint density at radius 3 is 2.72 bits per heavy atom. The number of aromatic nitrogens is 2. The number of ether oxygens (including phenoxy) is 1. The van der Waals surface area contributed by atoms with E-state index >= 15 is 0 Å². The molecule has 3 fully saturated rings. The molecule has 1 aliphatic carbocycles. The van der Waals surface area contributed by atoms with Gasteiger partial charge < -0.3 is 14.5 Å². The zero-order chi connectivity index (χ0) is 19.8. The molecule has 4 heterocycles. The lowest BCUT2D eigenvalue weighted by Gasteiger charge is -2.42. The molecule has 0 radical (unpaired) electrons. The van der Waals surface area contributed by atoms with Crippen LogP contribution in [0.5, 0.6) is 0 Å². The first kappa shape index (κ1) is 18.2. The molecular formula is C22H24N4O3. The van der Waals surface area contributed by atoms with E-state index in [2.05, 4.69) is 9.97 Å². The summed E-state index contributed by atoms with van der Waals surface area (Å²) in [4.78, 5) is 38.5. The number of hydrogen-bond donors (Lipinski definition) is 0. The average molecular weight is 392 g/mol. The number of amides is 2. The van der Waals surface area contributed by atoms with Crippen molar-refractivity contribution in [3.05, 3.63) is 60.2 Å². The Kier molecular flexibility index (Phi) is 4.54. The molecule has 2 aromatic rings. The van der Waals surface area contributed by atoms with E-state index < -0.39 is 5.60 Å². The van der Waals surface area contributed by atoms with E-state index in [0.29, 0.717) is 32.8 Å². The van der Waals surface area contributed by atoms with E-state index in [1.165, 1.54) is 0 Å². The minimum atomic E-state index is -1.04. The smallest absolute Gasteiger partial charge is 0.257 e. The van der Waals surface area contributed by atoms with E-state index in [1.807, 2.05) is 34.1 Å². The summed E-state index contributed by atoms with van der Waals surface area (Å²) in [7, 11) is 0. The highest BCUT2D eigenvalue weighted by molar-refractivity contribution is 5.90. The molecule has 0 aromatic carbocycles. The monoisotopic (exact) mass is 392 g/mol. The summed E-state index contributed by atoms with van der Waals surface area (Å²) in [5.41, 5.74) is 0.934. The van der Waals surface area contributed by atoms with Gasteiger partial charge in [0.25, 0.3) is 5.91 Å². The lowest BCUT2D eigenvalue weighted by molar-refractivity contribution is -0.173. The van der Waals surface area contributed by atoms with Gasteiger partial charge in [-0.05, 0) is 42.2 Å². The fourth-order valence-corrected chi connectivity index (χ4v) is 4.53. The summed E-state index contributed by atoms with van der Waals surface area (Å²) in [6.45, 7) is 2.32. The molecule has 29 heavy (non-hydrogen) atoms. The zero-order valence-electron chi connectivity index (χ0n) is 16.2. The van der Waals surface area contributed by atoms with Gasteiger partial charge in [0.05, 0.1) is 13.2 Å². The Morgan fingerprint density at radius 2 is 2.00 bits per heavy atom. The maximum absolute atomic E-state index is 13.7. The van der Waals surface area contributed by atoms with Crippen LogP contribution in [0.1, 0.15) is 29.9 Å². The average Bonchev–Trinajstić information content (AvgIpc) is 3.54. The Balaban J connectivity index is 1.47. The third-order valence-electron chi connectivity index (χ3n) is 6.21. The van der Waals surface area contributed by atoms with Crippen molar-refractivity contribution in [2.45, 2.75) is 30.9 Å². The first-order chi connectivity index (χ1) is 14.2. The van der Waals surface area contributed by atoms with Crippen molar-refractivity contribution >= 4 is 11.8 Å². The maximum atomic E-state index is 13.7. The van der Waals surface area contributed by atoms with E-state index in [9.17, 15) is 9.59 Å². The van der Waals surface area contributed by atoms with Crippen molar-refractivity contribution in [2.24, 2.45) is 5.92 Å². The Labute approximate surface area is 169 Å². The highest BCUT2D eigenvalue weighted by Gasteiger charge is 2.58. The predicted molar refractivity (Wildman–Crippen MR) is 105 cm³/mol. The van der Waals surface area contributed by atoms with Gasteiger partial charge in [0, 0.05) is 56.3 Å². The summed E-state index contributed by atoms with van der Waals surface area (Å²) in [5.74, 6) is 0.0110. The van der Waals surface area contributed by atoms with Gasteiger partial charge in [0.1, 0.15) is 0 Å². The topological polar surface area (TPSA) is 75.6 Å². The van der Waals surface area contributed by atoms with Crippen LogP contribution in [0.3, 0.4) is 0 Å². The number of rotatable bonds is 4. The molecule has 2 saturated heterocycles. The predicted octanol–water partition coefficient (Wildman–Crippen LogP) is 1.61. The SMILES string of the molecule is O=C(C1CC1)N1C[C@@H](c2cccnc2)[C@]2(C1)OCCN(Cc1ccncc1)C2=O. The molecule has 7 nitrogen and oxygen atoms in total. The maximum Gasteiger partial charge on any atom is 0.257 e. The summed E-state index contributed by atoms with van der Waals surface area (Å²) in [5, 5.41) is 0. The fourth-order valence-electron chi connectivity index (χ4n) is 4.53.